The van der Waals surface area contributed by atoms with E-state index in [0.717, 1.165) is 5.56 Å². The zero-order chi connectivity index (χ0) is 22.5. The van der Waals surface area contributed by atoms with Gasteiger partial charge in [-0.2, -0.15) is 0 Å². The fraction of sp³-hybridized carbons (Fsp3) is 0.304. The second-order valence-electron chi connectivity index (χ2n) is 6.96. The van der Waals surface area contributed by atoms with Gasteiger partial charge in [0.2, 0.25) is 0 Å². The van der Waals surface area contributed by atoms with Crippen molar-refractivity contribution in [3.63, 3.8) is 0 Å². The molecule has 1 aliphatic heterocycles. The Morgan fingerprint density at radius 2 is 1.90 bits per heavy atom. The van der Waals surface area contributed by atoms with Gasteiger partial charge in [-0.1, -0.05) is 41.9 Å². The average molecular weight is 445 g/mol. The molecule has 0 saturated carbocycles. The minimum atomic E-state index is -0.809. The van der Waals surface area contributed by atoms with Crippen LogP contribution in [0.3, 0.4) is 0 Å². The quantitative estimate of drug-likeness (QED) is 0.612. The van der Waals surface area contributed by atoms with Crippen LogP contribution in [0.25, 0.3) is 0 Å². The predicted octanol–water partition coefficient (Wildman–Crippen LogP) is 4.55. The Balaban J connectivity index is 2.08. The van der Waals surface area contributed by atoms with E-state index in [1.807, 2.05) is 30.3 Å². The maximum absolute atomic E-state index is 13.0. The molecule has 0 bridgehead atoms. The highest BCUT2D eigenvalue weighted by molar-refractivity contribution is 6.32. The minimum absolute atomic E-state index is 0.0581. The van der Waals surface area contributed by atoms with Gasteiger partial charge in [-0.05, 0) is 44.0 Å². The van der Waals surface area contributed by atoms with E-state index in [1.165, 1.54) is 11.0 Å². The molecule has 164 valence electrons. The molecule has 2 aromatic rings. The molecule has 0 fully saturated rings. The maximum atomic E-state index is 13.0. The molecule has 2 amide bonds. The van der Waals surface area contributed by atoms with Crippen molar-refractivity contribution >= 4 is 23.6 Å². The Morgan fingerprint density at radius 1 is 1.19 bits per heavy atom. The number of carbonyl (C=O) groups excluding carboxylic acids is 2. The number of allylic oxidation sites excluding steroid dienone is 1. The number of carbonyl (C=O) groups is 2. The maximum Gasteiger partial charge on any atom is 0.338 e. The summed E-state index contributed by atoms with van der Waals surface area (Å²) in [6.45, 7) is 6.01. The number of nitrogens with zero attached hydrogens (tertiary/aromatic N) is 1. The molecule has 2 N–H and O–H groups in total. The van der Waals surface area contributed by atoms with Crippen LogP contribution in [-0.2, 0) is 16.1 Å². The standard InChI is InChI=1S/C23H25ClN2O5/c1-4-30-18-12-16(11-17(24)21(18)27)20-19(22(28)31-5-2)14(3)26(23(29)25-20)13-15-9-7-6-8-10-15/h6-12,20,27H,4-5,13H2,1-3H3,(H,25,29). The van der Waals surface area contributed by atoms with E-state index in [2.05, 4.69) is 5.32 Å². The van der Waals surface area contributed by atoms with Crippen molar-refractivity contribution in [2.75, 3.05) is 13.2 Å². The topological polar surface area (TPSA) is 88.1 Å². The number of phenols is 1. The molecular weight excluding hydrogens is 420 g/mol. The molecule has 3 rings (SSSR count). The Labute approximate surface area is 186 Å². The number of halogens is 1. The highest BCUT2D eigenvalue weighted by atomic mass is 35.5. The van der Waals surface area contributed by atoms with E-state index < -0.39 is 12.0 Å². The first-order chi connectivity index (χ1) is 14.9. The fourth-order valence-electron chi connectivity index (χ4n) is 3.49. The van der Waals surface area contributed by atoms with Crippen molar-refractivity contribution in [1.82, 2.24) is 10.2 Å². The van der Waals surface area contributed by atoms with Gasteiger partial charge in [0.05, 0.1) is 36.4 Å². The zero-order valence-electron chi connectivity index (χ0n) is 17.6. The van der Waals surface area contributed by atoms with Crippen LogP contribution in [0.1, 0.15) is 37.9 Å². The minimum Gasteiger partial charge on any atom is -0.503 e. The molecule has 2 aromatic carbocycles. The van der Waals surface area contributed by atoms with Gasteiger partial charge in [0, 0.05) is 5.70 Å². The lowest BCUT2D eigenvalue weighted by atomic mass is 9.94. The van der Waals surface area contributed by atoms with E-state index in [9.17, 15) is 14.7 Å². The Hall–Kier alpha value is -3.19. The van der Waals surface area contributed by atoms with Crippen molar-refractivity contribution in [2.45, 2.75) is 33.4 Å². The normalized spacial score (nSPS) is 16.2. The van der Waals surface area contributed by atoms with Crippen LogP contribution in [0.15, 0.2) is 53.7 Å². The molecule has 0 radical (unpaired) electrons. The summed E-state index contributed by atoms with van der Waals surface area (Å²) >= 11 is 6.19. The summed E-state index contributed by atoms with van der Waals surface area (Å²) in [7, 11) is 0. The molecule has 1 unspecified atom stereocenters. The van der Waals surface area contributed by atoms with Crippen molar-refractivity contribution in [2.24, 2.45) is 0 Å². The first-order valence-corrected chi connectivity index (χ1v) is 10.4. The highest BCUT2D eigenvalue weighted by Gasteiger charge is 2.37. The van der Waals surface area contributed by atoms with Crippen molar-refractivity contribution in [1.29, 1.82) is 0 Å². The number of hydrogen-bond donors (Lipinski definition) is 2. The summed E-state index contributed by atoms with van der Waals surface area (Å²) in [5.41, 5.74) is 2.20. The van der Waals surface area contributed by atoms with Gasteiger partial charge in [-0.15, -0.1) is 0 Å². The number of benzene rings is 2. The largest absolute Gasteiger partial charge is 0.503 e. The van der Waals surface area contributed by atoms with E-state index in [-0.39, 0.29) is 29.2 Å². The molecule has 0 spiro atoms. The third kappa shape index (κ3) is 4.77. The van der Waals surface area contributed by atoms with Gasteiger partial charge < -0.3 is 19.9 Å². The lowest BCUT2D eigenvalue weighted by Crippen LogP contribution is -2.47. The van der Waals surface area contributed by atoms with E-state index >= 15 is 0 Å². The van der Waals surface area contributed by atoms with Crippen LogP contribution in [0.5, 0.6) is 11.5 Å². The van der Waals surface area contributed by atoms with Crippen LogP contribution in [0.4, 0.5) is 4.79 Å². The highest BCUT2D eigenvalue weighted by Crippen LogP contribution is 2.40. The van der Waals surface area contributed by atoms with Crippen LogP contribution >= 0.6 is 11.6 Å². The summed E-state index contributed by atoms with van der Waals surface area (Å²) in [4.78, 5) is 27.4. The number of hydrogen-bond acceptors (Lipinski definition) is 5. The third-order valence-electron chi connectivity index (χ3n) is 4.96. The molecule has 0 saturated heterocycles. The summed E-state index contributed by atoms with van der Waals surface area (Å²) < 4.78 is 10.7. The fourth-order valence-corrected chi connectivity index (χ4v) is 3.71. The molecule has 0 aliphatic carbocycles. The van der Waals surface area contributed by atoms with Crippen LogP contribution in [-0.4, -0.2) is 35.2 Å². The summed E-state index contributed by atoms with van der Waals surface area (Å²) in [6, 6.07) is 11.4. The van der Waals surface area contributed by atoms with E-state index in [4.69, 9.17) is 21.1 Å². The molecular formula is C23H25ClN2O5. The van der Waals surface area contributed by atoms with Crippen LogP contribution in [0.2, 0.25) is 5.02 Å². The number of rotatable bonds is 7. The molecule has 1 heterocycles. The van der Waals surface area contributed by atoms with Gasteiger partial charge in [0.25, 0.3) is 0 Å². The first kappa shape index (κ1) is 22.5. The lowest BCUT2D eigenvalue weighted by molar-refractivity contribution is -0.139. The van der Waals surface area contributed by atoms with Gasteiger partial charge in [-0.25, -0.2) is 9.59 Å². The molecule has 7 nitrogen and oxygen atoms in total. The predicted molar refractivity (Wildman–Crippen MR) is 117 cm³/mol. The number of aromatic hydroxyl groups is 1. The molecule has 1 atom stereocenters. The number of ether oxygens (including phenoxy) is 2. The molecule has 8 heteroatoms. The summed E-state index contributed by atoms with van der Waals surface area (Å²) in [6.07, 6.45) is 0. The first-order valence-electron chi connectivity index (χ1n) is 10.0. The Bertz CT molecular complexity index is 1010. The van der Waals surface area contributed by atoms with Crippen molar-refractivity contribution < 1.29 is 24.2 Å². The number of esters is 1. The summed E-state index contributed by atoms with van der Waals surface area (Å²) in [5, 5.41) is 13.1. The third-order valence-corrected chi connectivity index (χ3v) is 5.25. The van der Waals surface area contributed by atoms with Gasteiger partial charge in [0.15, 0.2) is 11.5 Å². The number of nitrogens with one attached hydrogen (secondary N) is 1. The monoisotopic (exact) mass is 444 g/mol. The second kappa shape index (κ2) is 9.75. The Kier molecular flexibility index (Phi) is 7.07. The molecule has 1 aliphatic rings. The summed E-state index contributed by atoms with van der Waals surface area (Å²) in [5.74, 6) is -0.560. The number of amides is 2. The smallest absolute Gasteiger partial charge is 0.338 e. The number of phenolic OH excluding ortho intramolecular Hbond substituents is 1. The van der Waals surface area contributed by atoms with Gasteiger partial charge in [0.1, 0.15) is 0 Å². The van der Waals surface area contributed by atoms with E-state index in [0.29, 0.717) is 30.0 Å². The number of urea groups is 1. The van der Waals surface area contributed by atoms with Crippen LogP contribution in [0, 0.1) is 0 Å². The van der Waals surface area contributed by atoms with Gasteiger partial charge in [-0.3, -0.25) is 4.90 Å². The lowest BCUT2D eigenvalue weighted by Gasteiger charge is -2.35. The van der Waals surface area contributed by atoms with Crippen LogP contribution < -0.4 is 10.1 Å². The SMILES string of the molecule is CCOC(=O)C1=C(C)N(Cc2ccccc2)C(=O)NC1c1cc(Cl)c(O)c(OCC)c1. The van der Waals surface area contributed by atoms with Crippen molar-refractivity contribution in [3.8, 4) is 11.5 Å². The van der Waals surface area contributed by atoms with E-state index in [1.54, 1.807) is 26.8 Å². The Morgan fingerprint density at radius 3 is 2.55 bits per heavy atom. The van der Waals surface area contributed by atoms with Crippen molar-refractivity contribution in [3.05, 3.63) is 69.9 Å². The molecule has 31 heavy (non-hydrogen) atoms. The van der Waals surface area contributed by atoms with Gasteiger partial charge >= 0.3 is 12.0 Å². The zero-order valence-corrected chi connectivity index (χ0v) is 18.4. The second-order valence-corrected chi connectivity index (χ2v) is 7.36. The molecule has 0 aromatic heterocycles. The average Bonchev–Trinajstić information content (AvgIpc) is 2.74.